The van der Waals surface area contributed by atoms with Gasteiger partial charge in [0.15, 0.2) is 0 Å². The summed E-state index contributed by atoms with van der Waals surface area (Å²) >= 11 is 0. The van der Waals surface area contributed by atoms with Crippen molar-refractivity contribution >= 4 is 0 Å². The van der Waals surface area contributed by atoms with Gasteiger partial charge in [-0.2, -0.15) is 0 Å². The molecule has 0 aliphatic heterocycles. The van der Waals surface area contributed by atoms with Crippen molar-refractivity contribution in [3.63, 3.8) is 0 Å². The molecule has 20 heavy (non-hydrogen) atoms. The molecule has 1 rings (SSSR count). The third-order valence-corrected chi connectivity index (χ3v) is 2.75. The topological polar surface area (TPSA) is 39.7 Å². The quantitative estimate of drug-likeness (QED) is 0.705. The smallest absolute Gasteiger partial charge is 0.323 e. The lowest BCUT2D eigenvalue weighted by atomic mass is 10.2. The number of hydrogen-bond donors (Lipinski definition) is 1. The van der Waals surface area contributed by atoms with Gasteiger partial charge in [0.25, 0.3) is 0 Å². The van der Waals surface area contributed by atoms with Crippen molar-refractivity contribution in [2.45, 2.75) is 53.2 Å². The largest absolute Gasteiger partial charge is 0.439 e. The molecule has 4 nitrogen and oxygen atoms in total. The Hall–Kier alpha value is -1.10. The molecule has 0 unspecified atom stereocenters. The lowest BCUT2D eigenvalue weighted by Gasteiger charge is -2.29. The molecule has 1 aromatic rings. The predicted molar refractivity (Wildman–Crippen MR) is 80.7 cm³/mol. The maximum atomic E-state index is 5.80. The van der Waals surface area contributed by atoms with E-state index in [0.717, 1.165) is 12.3 Å². The highest BCUT2D eigenvalue weighted by Gasteiger charge is 2.27. The summed E-state index contributed by atoms with van der Waals surface area (Å²) in [5.74, 6) is -0.288. The lowest BCUT2D eigenvalue weighted by molar-refractivity contribution is -0.328. The van der Waals surface area contributed by atoms with E-state index in [1.165, 1.54) is 5.56 Å². The Morgan fingerprint density at radius 3 is 2.05 bits per heavy atom. The molecule has 0 aliphatic rings. The zero-order valence-corrected chi connectivity index (χ0v) is 13.2. The normalized spacial score (nSPS) is 11.9. The standard InChI is InChI=1S/C16H27NO3/c1-6-18-16(5,19-7-2)20-15-10-8-14(9-11-15)12-17-13(3)4/h8-11,13,17H,6-7,12H2,1-5H3. The van der Waals surface area contributed by atoms with Gasteiger partial charge in [-0.05, 0) is 31.5 Å². The molecule has 0 aromatic heterocycles. The molecule has 4 heteroatoms. The van der Waals surface area contributed by atoms with Crippen molar-refractivity contribution in [1.82, 2.24) is 5.32 Å². The van der Waals surface area contributed by atoms with Crippen LogP contribution in [0.5, 0.6) is 5.75 Å². The highest BCUT2D eigenvalue weighted by atomic mass is 16.9. The summed E-state index contributed by atoms with van der Waals surface area (Å²) in [5, 5.41) is 3.38. The summed E-state index contributed by atoms with van der Waals surface area (Å²) in [5.41, 5.74) is 1.22. The zero-order chi connectivity index (χ0) is 15.0. The minimum absolute atomic E-state index is 0.477. The zero-order valence-electron chi connectivity index (χ0n) is 13.2. The van der Waals surface area contributed by atoms with Gasteiger partial charge >= 0.3 is 5.97 Å². The van der Waals surface area contributed by atoms with Crippen LogP contribution in [0.3, 0.4) is 0 Å². The van der Waals surface area contributed by atoms with Crippen LogP contribution < -0.4 is 10.1 Å². The second-order valence-electron chi connectivity index (χ2n) is 5.01. The van der Waals surface area contributed by atoms with Crippen LogP contribution in [0, 0.1) is 0 Å². The van der Waals surface area contributed by atoms with Gasteiger partial charge in [-0.15, -0.1) is 0 Å². The summed E-state index contributed by atoms with van der Waals surface area (Å²) in [6.45, 7) is 11.8. The Labute approximate surface area is 122 Å². The molecule has 0 amide bonds. The maximum Gasteiger partial charge on any atom is 0.323 e. The Bertz CT molecular complexity index is 370. The first-order chi connectivity index (χ1) is 9.49. The Kier molecular flexibility index (Phi) is 6.99. The fourth-order valence-electron chi connectivity index (χ4n) is 1.84. The first kappa shape index (κ1) is 17.0. The molecule has 0 radical (unpaired) electrons. The van der Waals surface area contributed by atoms with E-state index in [9.17, 15) is 0 Å². The van der Waals surface area contributed by atoms with Crippen molar-refractivity contribution in [1.29, 1.82) is 0 Å². The van der Waals surface area contributed by atoms with Gasteiger partial charge in [-0.3, -0.25) is 0 Å². The first-order valence-electron chi connectivity index (χ1n) is 7.28. The van der Waals surface area contributed by atoms with Gasteiger partial charge in [0.1, 0.15) is 5.75 Å². The van der Waals surface area contributed by atoms with Crippen LogP contribution in [0.15, 0.2) is 24.3 Å². The second-order valence-corrected chi connectivity index (χ2v) is 5.01. The van der Waals surface area contributed by atoms with Gasteiger partial charge in [0.2, 0.25) is 0 Å². The predicted octanol–water partition coefficient (Wildman–Crippen LogP) is 3.31. The van der Waals surface area contributed by atoms with Crippen LogP contribution >= 0.6 is 0 Å². The minimum Gasteiger partial charge on any atom is -0.439 e. The molecule has 0 atom stereocenters. The lowest BCUT2D eigenvalue weighted by Crippen LogP contribution is -2.39. The average Bonchev–Trinajstić information content (AvgIpc) is 2.38. The molecule has 0 heterocycles. The number of ether oxygens (including phenoxy) is 3. The second kappa shape index (κ2) is 8.25. The number of nitrogens with one attached hydrogen (secondary N) is 1. The van der Waals surface area contributed by atoms with E-state index in [1.807, 2.05) is 38.1 Å². The monoisotopic (exact) mass is 281 g/mol. The average molecular weight is 281 g/mol. The SMILES string of the molecule is CCOC(C)(OCC)Oc1ccc(CNC(C)C)cc1. The number of hydrogen-bond acceptors (Lipinski definition) is 4. The highest BCUT2D eigenvalue weighted by Crippen LogP contribution is 2.21. The van der Waals surface area contributed by atoms with Gasteiger partial charge in [-0.25, -0.2) is 0 Å². The van der Waals surface area contributed by atoms with E-state index in [-0.39, 0.29) is 0 Å². The van der Waals surface area contributed by atoms with Gasteiger partial charge in [-0.1, -0.05) is 26.0 Å². The molecule has 0 bridgehead atoms. The van der Waals surface area contributed by atoms with Crippen molar-refractivity contribution in [2.24, 2.45) is 0 Å². The van der Waals surface area contributed by atoms with Gasteiger partial charge in [0.05, 0.1) is 13.2 Å². The Morgan fingerprint density at radius 1 is 1.05 bits per heavy atom. The van der Waals surface area contributed by atoms with Crippen molar-refractivity contribution in [3.8, 4) is 5.75 Å². The maximum absolute atomic E-state index is 5.80. The van der Waals surface area contributed by atoms with Crippen molar-refractivity contribution in [2.75, 3.05) is 13.2 Å². The molecular formula is C16H27NO3. The van der Waals surface area contributed by atoms with Crippen molar-refractivity contribution < 1.29 is 14.2 Å². The van der Waals surface area contributed by atoms with E-state index in [1.54, 1.807) is 6.92 Å². The van der Waals surface area contributed by atoms with E-state index in [0.29, 0.717) is 19.3 Å². The fourth-order valence-corrected chi connectivity index (χ4v) is 1.84. The van der Waals surface area contributed by atoms with Crippen LogP contribution in [0.25, 0.3) is 0 Å². The Morgan fingerprint density at radius 2 is 1.60 bits per heavy atom. The third-order valence-electron chi connectivity index (χ3n) is 2.75. The van der Waals surface area contributed by atoms with Crippen LogP contribution in [0.2, 0.25) is 0 Å². The first-order valence-corrected chi connectivity index (χ1v) is 7.28. The number of benzene rings is 1. The van der Waals surface area contributed by atoms with Crippen LogP contribution in [0.1, 0.15) is 40.2 Å². The molecular weight excluding hydrogens is 254 g/mol. The molecule has 0 saturated carbocycles. The summed E-state index contributed by atoms with van der Waals surface area (Å²) in [6.07, 6.45) is 0. The highest BCUT2D eigenvalue weighted by molar-refractivity contribution is 5.27. The molecule has 0 saturated heterocycles. The van der Waals surface area contributed by atoms with Gasteiger partial charge in [0, 0.05) is 19.5 Å². The van der Waals surface area contributed by atoms with E-state index < -0.39 is 5.97 Å². The molecule has 0 spiro atoms. The fraction of sp³-hybridized carbons (Fsp3) is 0.625. The van der Waals surface area contributed by atoms with Gasteiger partial charge < -0.3 is 19.5 Å². The van der Waals surface area contributed by atoms with Crippen LogP contribution in [0.4, 0.5) is 0 Å². The molecule has 1 N–H and O–H groups in total. The van der Waals surface area contributed by atoms with E-state index >= 15 is 0 Å². The summed E-state index contributed by atoms with van der Waals surface area (Å²) < 4.78 is 16.9. The number of rotatable bonds is 9. The van der Waals surface area contributed by atoms with Crippen molar-refractivity contribution in [3.05, 3.63) is 29.8 Å². The third kappa shape index (κ3) is 5.90. The van der Waals surface area contributed by atoms with E-state index in [2.05, 4.69) is 19.2 Å². The Balaban J connectivity index is 2.63. The molecule has 0 fully saturated rings. The molecule has 1 aromatic carbocycles. The van der Waals surface area contributed by atoms with Crippen LogP contribution in [-0.4, -0.2) is 25.2 Å². The molecule has 0 aliphatic carbocycles. The van der Waals surface area contributed by atoms with Crippen LogP contribution in [-0.2, 0) is 16.0 Å². The molecule has 114 valence electrons. The minimum atomic E-state index is -1.03. The summed E-state index contributed by atoms with van der Waals surface area (Å²) in [7, 11) is 0. The summed E-state index contributed by atoms with van der Waals surface area (Å²) in [6, 6.07) is 8.44. The summed E-state index contributed by atoms with van der Waals surface area (Å²) in [4.78, 5) is 0. The van der Waals surface area contributed by atoms with E-state index in [4.69, 9.17) is 14.2 Å².